The first-order chi connectivity index (χ1) is 16.4. The maximum atomic E-state index is 15.4. The van der Waals surface area contributed by atoms with Crippen LogP contribution >= 0.6 is 0 Å². The van der Waals surface area contributed by atoms with E-state index in [1.807, 2.05) is 0 Å². The molecule has 0 spiro atoms. The molecule has 5 heteroatoms. The average molecular weight is 471 g/mol. The van der Waals surface area contributed by atoms with Crippen LogP contribution in [0.3, 0.4) is 0 Å². The molecule has 0 atom stereocenters. The Kier molecular flexibility index (Phi) is 7.20. The van der Waals surface area contributed by atoms with Gasteiger partial charge in [-0.3, -0.25) is 0 Å². The number of unbranched alkanes of at least 4 members (excludes halogenated alkanes) is 2. The lowest BCUT2D eigenvalue weighted by atomic mass is 9.85. The van der Waals surface area contributed by atoms with Crippen LogP contribution in [0, 0.1) is 29.1 Å². The van der Waals surface area contributed by atoms with Gasteiger partial charge in [0.05, 0.1) is 0 Å². The van der Waals surface area contributed by atoms with Gasteiger partial charge in [0.15, 0.2) is 23.3 Å². The Morgan fingerprint density at radius 2 is 1.24 bits per heavy atom. The maximum Gasteiger partial charge on any atom is 0.167 e. The van der Waals surface area contributed by atoms with Crippen molar-refractivity contribution < 1.29 is 22.0 Å². The lowest BCUT2D eigenvalue weighted by Crippen LogP contribution is -2.07. The van der Waals surface area contributed by atoms with Crippen LogP contribution in [0.4, 0.5) is 22.0 Å². The Morgan fingerprint density at radius 3 is 1.97 bits per heavy atom. The molecule has 0 bridgehead atoms. The minimum atomic E-state index is -1.07. The van der Waals surface area contributed by atoms with Crippen molar-refractivity contribution in [2.75, 3.05) is 0 Å². The van der Waals surface area contributed by atoms with Gasteiger partial charge in [0.1, 0.15) is 5.82 Å². The normalized spacial score (nSPS) is 13.1. The van der Waals surface area contributed by atoms with Gasteiger partial charge in [-0.05, 0) is 59.9 Å². The summed E-state index contributed by atoms with van der Waals surface area (Å²) in [7, 11) is 0. The number of fused-ring (bicyclic) bond motifs is 1. The summed E-state index contributed by atoms with van der Waals surface area (Å²) in [5.41, 5.74) is 2.11. The Balaban J connectivity index is 1.68. The molecular weight excluding hydrogens is 443 g/mol. The summed E-state index contributed by atoms with van der Waals surface area (Å²) in [6.07, 6.45) is 5.79. The second kappa shape index (κ2) is 10.1. The first-order valence-corrected chi connectivity index (χ1v) is 11.8. The van der Waals surface area contributed by atoms with Crippen molar-refractivity contribution in [1.29, 1.82) is 0 Å². The first-order valence-electron chi connectivity index (χ1n) is 11.8. The van der Waals surface area contributed by atoms with Crippen molar-refractivity contribution in [3.8, 4) is 11.1 Å². The van der Waals surface area contributed by atoms with Crippen molar-refractivity contribution in [2.45, 2.75) is 58.8 Å². The van der Waals surface area contributed by atoms with Gasteiger partial charge in [0.2, 0.25) is 0 Å². The molecule has 178 valence electrons. The van der Waals surface area contributed by atoms with Gasteiger partial charge in [-0.25, -0.2) is 22.0 Å². The molecule has 1 aliphatic carbocycles. The van der Waals surface area contributed by atoms with Gasteiger partial charge in [-0.15, -0.1) is 0 Å². The van der Waals surface area contributed by atoms with Crippen LogP contribution in [-0.2, 0) is 19.3 Å². The highest BCUT2D eigenvalue weighted by Gasteiger charge is 2.24. The molecule has 0 saturated carbocycles. The highest BCUT2D eigenvalue weighted by molar-refractivity contribution is 5.86. The highest BCUT2D eigenvalue weighted by Crippen LogP contribution is 2.38. The van der Waals surface area contributed by atoms with Crippen LogP contribution in [0.2, 0.25) is 0 Å². The molecule has 34 heavy (non-hydrogen) atoms. The molecule has 0 fully saturated rings. The topological polar surface area (TPSA) is 0 Å². The standard InChI is InChI=1S/C29H27F5/c1-3-5-6-7-18-9-12-22(28(33)26(18)31)20-10-13-21-19(16-20)11-15-23(27(21)32)24-14-8-17(4-2)25(30)29(24)34/h8-9,11-12,14-16H,3-7,10,13H2,1-2H3. The van der Waals surface area contributed by atoms with Crippen molar-refractivity contribution in [3.63, 3.8) is 0 Å². The number of hydrogen-bond donors (Lipinski definition) is 0. The number of allylic oxidation sites excluding steroid dienone is 1. The molecular formula is C29H27F5. The molecule has 1 aliphatic rings. The first kappa shape index (κ1) is 24.2. The zero-order valence-electron chi connectivity index (χ0n) is 19.4. The zero-order chi connectivity index (χ0) is 24.4. The van der Waals surface area contributed by atoms with E-state index in [2.05, 4.69) is 6.92 Å². The summed E-state index contributed by atoms with van der Waals surface area (Å²) in [6.45, 7) is 3.77. The van der Waals surface area contributed by atoms with Gasteiger partial charge in [0, 0.05) is 16.7 Å². The summed E-state index contributed by atoms with van der Waals surface area (Å²) in [4.78, 5) is 0. The van der Waals surface area contributed by atoms with E-state index in [0.29, 0.717) is 41.5 Å². The third kappa shape index (κ3) is 4.40. The lowest BCUT2D eigenvalue weighted by molar-refractivity contribution is 0.493. The number of halogens is 5. The highest BCUT2D eigenvalue weighted by atomic mass is 19.2. The molecule has 3 aromatic rings. The summed E-state index contributed by atoms with van der Waals surface area (Å²) < 4.78 is 73.8. The molecule has 4 rings (SSSR count). The molecule has 0 heterocycles. The van der Waals surface area contributed by atoms with Gasteiger partial charge in [-0.1, -0.05) is 69.2 Å². The van der Waals surface area contributed by atoms with Crippen LogP contribution in [0.1, 0.15) is 67.3 Å². The Labute approximate surface area is 197 Å². The van der Waals surface area contributed by atoms with E-state index < -0.39 is 29.1 Å². The molecule has 0 saturated heterocycles. The molecule has 0 aromatic heterocycles. The second-order valence-electron chi connectivity index (χ2n) is 8.78. The quantitative estimate of drug-likeness (QED) is 0.239. The van der Waals surface area contributed by atoms with E-state index in [1.165, 1.54) is 18.2 Å². The van der Waals surface area contributed by atoms with Crippen LogP contribution in [0.5, 0.6) is 0 Å². The summed E-state index contributed by atoms with van der Waals surface area (Å²) in [5, 5.41) is 0. The fourth-order valence-electron chi connectivity index (χ4n) is 4.63. The van der Waals surface area contributed by atoms with Gasteiger partial charge in [0.25, 0.3) is 0 Å². The minimum Gasteiger partial charge on any atom is -0.206 e. The van der Waals surface area contributed by atoms with Crippen LogP contribution < -0.4 is 0 Å². The van der Waals surface area contributed by atoms with Crippen LogP contribution in [0.15, 0.2) is 36.4 Å². The third-order valence-electron chi connectivity index (χ3n) is 6.64. The van der Waals surface area contributed by atoms with E-state index in [-0.39, 0.29) is 28.7 Å². The Bertz CT molecular complexity index is 1260. The maximum absolute atomic E-state index is 15.4. The van der Waals surface area contributed by atoms with E-state index in [9.17, 15) is 17.6 Å². The second-order valence-corrected chi connectivity index (χ2v) is 8.78. The summed E-state index contributed by atoms with van der Waals surface area (Å²) >= 11 is 0. The van der Waals surface area contributed by atoms with E-state index >= 15 is 4.39 Å². The number of benzene rings is 3. The fourth-order valence-corrected chi connectivity index (χ4v) is 4.63. The zero-order valence-corrected chi connectivity index (χ0v) is 19.4. The fraction of sp³-hybridized carbons (Fsp3) is 0.310. The summed E-state index contributed by atoms with van der Waals surface area (Å²) in [6, 6.07) is 9.10. The molecule has 0 nitrogen and oxygen atoms in total. The average Bonchev–Trinajstić information content (AvgIpc) is 2.84. The van der Waals surface area contributed by atoms with Crippen molar-refractivity contribution in [1.82, 2.24) is 0 Å². The van der Waals surface area contributed by atoms with Crippen molar-refractivity contribution in [3.05, 3.63) is 93.3 Å². The lowest BCUT2D eigenvalue weighted by Gasteiger charge is -2.20. The van der Waals surface area contributed by atoms with E-state index in [1.54, 1.807) is 31.2 Å². The summed E-state index contributed by atoms with van der Waals surface area (Å²) in [5.74, 6) is -4.35. The smallest absolute Gasteiger partial charge is 0.167 e. The molecule has 0 N–H and O–H groups in total. The molecule has 0 unspecified atom stereocenters. The molecule has 0 radical (unpaired) electrons. The predicted molar refractivity (Wildman–Crippen MR) is 127 cm³/mol. The van der Waals surface area contributed by atoms with Crippen molar-refractivity contribution in [2.24, 2.45) is 0 Å². The minimum absolute atomic E-state index is 0.0108. The van der Waals surface area contributed by atoms with Crippen LogP contribution in [-0.4, -0.2) is 0 Å². The van der Waals surface area contributed by atoms with Crippen molar-refractivity contribution >= 4 is 11.6 Å². The van der Waals surface area contributed by atoms with E-state index in [4.69, 9.17) is 0 Å². The predicted octanol–water partition coefficient (Wildman–Crippen LogP) is 8.83. The largest absolute Gasteiger partial charge is 0.206 e. The number of rotatable bonds is 7. The van der Waals surface area contributed by atoms with Gasteiger partial charge in [-0.2, -0.15) is 0 Å². The molecule has 0 amide bonds. The molecule has 0 aliphatic heterocycles. The van der Waals surface area contributed by atoms with Gasteiger partial charge >= 0.3 is 0 Å². The van der Waals surface area contributed by atoms with Crippen LogP contribution in [0.25, 0.3) is 22.8 Å². The Morgan fingerprint density at radius 1 is 0.618 bits per heavy atom. The SMILES string of the molecule is CCCCCc1ccc(C2=Cc3ccc(-c4ccc(CC)c(F)c4F)c(F)c3CC2)c(F)c1F. The monoisotopic (exact) mass is 470 g/mol. The number of hydrogen-bond acceptors (Lipinski definition) is 0. The third-order valence-corrected chi connectivity index (χ3v) is 6.64. The van der Waals surface area contributed by atoms with Gasteiger partial charge < -0.3 is 0 Å². The van der Waals surface area contributed by atoms with E-state index in [0.717, 1.165) is 19.3 Å². The molecule has 3 aromatic carbocycles. The Hall–Kier alpha value is -2.95. The number of aryl methyl sites for hydroxylation is 2.